The minimum Gasteiger partial charge on any atom is -0.312 e. The maximum Gasteiger partial charge on any atom is 0.00966 e. The summed E-state index contributed by atoms with van der Waals surface area (Å²) in [5.41, 5.74) is 0.252. The van der Waals surface area contributed by atoms with Crippen molar-refractivity contribution in [2.24, 2.45) is 5.92 Å². The van der Waals surface area contributed by atoms with E-state index in [2.05, 4.69) is 44.8 Å². The molecular formula is C14H30N2. The highest BCUT2D eigenvalue weighted by Crippen LogP contribution is 2.17. The second-order valence-electron chi connectivity index (χ2n) is 6.58. The molecule has 2 heteroatoms. The lowest BCUT2D eigenvalue weighted by Crippen LogP contribution is -2.44. The Bertz CT molecular complexity index is 195. The summed E-state index contributed by atoms with van der Waals surface area (Å²) in [5.74, 6) is 0.750. The topological polar surface area (TPSA) is 15.3 Å². The standard InChI is InChI=1S/C14H30N2/c1-12(10-15-14(3,4)5)11-16-9-7-6-8-13(16)2/h12-13,15H,6-11H2,1-5H3. The number of likely N-dealkylation sites (tertiary alicyclic amines) is 1. The average Bonchev–Trinajstić information content (AvgIpc) is 2.18. The number of piperidine rings is 1. The first kappa shape index (κ1) is 14.0. The molecule has 1 rings (SSSR count). The van der Waals surface area contributed by atoms with Gasteiger partial charge in [0.1, 0.15) is 0 Å². The number of nitrogens with one attached hydrogen (secondary N) is 1. The maximum absolute atomic E-state index is 3.60. The van der Waals surface area contributed by atoms with Crippen LogP contribution in [0.25, 0.3) is 0 Å². The molecule has 1 saturated heterocycles. The largest absolute Gasteiger partial charge is 0.312 e. The van der Waals surface area contributed by atoms with Crippen LogP contribution in [0.5, 0.6) is 0 Å². The van der Waals surface area contributed by atoms with Gasteiger partial charge in [-0.05, 0) is 59.5 Å². The van der Waals surface area contributed by atoms with Crippen LogP contribution < -0.4 is 5.32 Å². The van der Waals surface area contributed by atoms with E-state index < -0.39 is 0 Å². The van der Waals surface area contributed by atoms with Crippen LogP contribution in [-0.4, -0.2) is 36.1 Å². The molecule has 1 aliphatic heterocycles. The van der Waals surface area contributed by atoms with E-state index in [-0.39, 0.29) is 5.54 Å². The summed E-state index contributed by atoms with van der Waals surface area (Å²) in [7, 11) is 0. The third-order valence-electron chi connectivity index (χ3n) is 3.47. The van der Waals surface area contributed by atoms with Crippen LogP contribution in [0.4, 0.5) is 0 Å². The van der Waals surface area contributed by atoms with Gasteiger partial charge in [-0.1, -0.05) is 13.3 Å². The number of rotatable bonds is 4. The van der Waals surface area contributed by atoms with Gasteiger partial charge in [0.2, 0.25) is 0 Å². The molecule has 0 bridgehead atoms. The Balaban J connectivity index is 2.24. The van der Waals surface area contributed by atoms with Crippen LogP contribution in [0, 0.1) is 5.92 Å². The molecule has 1 fully saturated rings. The van der Waals surface area contributed by atoms with Gasteiger partial charge in [-0.15, -0.1) is 0 Å². The molecule has 0 saturated carbocycles. The van der Waals surface area contributed by atoms with E-state index in [1.54, 1.807) is 0 Å². The van der Waals surface area contributed by atoms with Crippen molar-refractivity contribution in [2.75, 3.05) is 19.6 Å². The van der Waals surface area contributed by atoms with Crippen molar-refractivity contribution < 1.29 is 0 Å². The SMILES string of the molecule is CC(CNC(C)(C)C)CN1CCCCC1C. The molecule has 16 heavy (non-hydrogen) atoms. The summed E-state index contributed by atoms with van der Waals surface area (Å²) >= 11 is 0. The van der Waals surface area contributed by atoms with Gasteiger partial charge in [0, 0.05) is 18.1 Å². The van der Waals surface area contributed by atoms with Gasteiger partial charge < -0.3 is 10.2 Å². The van der Waals surface area contributed by atoms with Crippen LogP contribution in [0.2, 0.25) is 0 Å². The van der Waals surface area contributed by atoms with Crippen molar-refractivity contribution in [3.8, 4) is 0 Å². The fraction of sp³-hybridized carbons (Fsp3) is 1.00. The lowest BCUT2D eigenvalue weighted by atomic mass is 10.0. The molecule has 0 amide bonds. The molecule has 0 aliphatic carbocycles. The Hall–Kier alpha value is -0.0800. The number of hydrogen-bond acceptors (Lipinski definition) is 2. The van der Waals surface area contributed by atoms with Gasteiger partial charge in [0.25, 0.3) is 0 Å². The first-order valence-corrected chi connectivity index (χ1v) is 6.87. The highest BCUT2D eigenvalue weighted by atomic mass is 15.2. The minimum atomic E-state index is 0.252. The Morgan fingerprint density at radius 3 is 2.56 bits per heavy atom. The van der Waals surface area contributed by atoms with E-state index in [1.807, 2.05) is 0 Å². The van der Waals surface area contributed by atoms with Crippen molar-refractivity contribution in [3.63, 3.8) is 0 Å². The monoisotopic (exact) mass is 226 g/mol. The van der Waals surface area contributed by atoms with E-state index >= 15 is 0 Å². The second-order valence-corrected chi connectivity index (χ2v) is 6.58. The number of nitrogens with zero attached hydrogens (tertiary/aromatic N) is 1. The summed E-state index contributed by atoms with van der Waals surface area (Å²) < 4.78 is 0. The summed E-state index contributed by atoms with van der Waals surface area (Å²) in [6.07, 6.45) is 4.20. The van der Waals surface area contributed by atoms with E-state index in [0.717, 1.165) is 18.5 Å². The average molecular weight is 226 g/mol. The van der Waals surface area contributed by atoms with Crippen LogP contribution in [0.1, 0.15) is 53.9 Å². The van der Waals surface area contributed by atoms with Crippen molar-refractivity contribution in [3.05, 3.63) is 0 Å². The summed E-state index contributed by atoms with van der Waals surface area (Å²) in [5, 5.41) is 3.60. The zero-order valence-electron chi connectivity index (χ0n) is 11.8. The van der Waals surface area contributed by atoms with Crippen LogP contribution in [0.3, 0.4) is 0 Å². The minimum absolute atomic E-state index is 0.252. The van der Waals surface area contributed by atoms with Crippen molar-refractivity contribution in [1.29, 1.82) is 0 Å². The van der Waals surface area contributed by atoms with Gasteiger partial charge in [0.15, 0.2) is 0 Å². The van der Waals surface area contributed by atoms with Crippen molar-refractivity contribution >= 4 is 0 Å². The Morgan fingerprint density at radius 1 is 1.31 bits per heavy atom. The van der Waals surface area contributed by atoms with E-state index in [4.69, 9.17) is 0 Å². The van der Waals surface area contributed by atoms with E-state index in [9.17, 15) is 0 Å². The first-order valence-electron chi connectivity index (χ1n) is 6.87. The molecule has 0 radical (unpaired) electrons. The molecule has 0 aromatic rings. The van der Waals surface area contributed by atoms with Gasteiger partial charge in [0.05, 0.1) is 0 Å². The predicted molar refractivity (Wildman–Crippen MR) is 71.8 cm³/mol. The van der Waals surface area contributed by atoms with E-state index in [1.165, 1.54) is 32.4 Å². The molecule has 2 atom stereocenters. The highest BCUT2D eigenvalue weighted by Gasteiger charge is 2.20. The third kappa shape index (κ3) is 5.31. The van der Waals surface area contributed by atoms with Crippen molar-refractivity contribution in [1.82, 2.24) is 10.2 Å². The molecule has 1 aliphatic rings. The molecular weight excluding hydrogens is 196 g/mol. The lowest BCUT2D eigenvalue weighted by Gasteiger charge is -2.35. The zero-order valence-corrected chi connectivity index (χ0v) is 11.8. The summed E-state index contributed by atoms with van der Waals surface area (Å²) in [6, 6.07) is 0.797. The Labute approximate surface area is 102 Å². The van der Waals surface area contributed by atoms with Gasteiger partial charge in [-0.3, -0.25) is 0 Å². The molecule has 96 valence electrons. The summed E-state index contributed by atoms with van der Waals surface area (Å²) in [6.45, 7) is 15.1. The van der Waals surface area contributed by atoms with Crippen molar-refractivity contribution in [2.45, 2.75) is 65.5 Å². The van der Waals surface area contributed by atoms with Crippen LogP contribution >= 0.6 is 0 Å². The molecule has 1 N–H and O–H groups in total. The third-order valence-corrected chi connectivity index (χ3v) is 3.47. The highest BCUT2D eigenvalue weighted by molar-refractivity contribution is 4.77. The number of hydrogen-bond donors (Lipinski definition) is 1. The van der Waals surface area contributed by atoms with Gasteiger partial charge in [-0.2, -0.15) is 0 Å². The quantitative estimate of drug-likeness (QED) is 0.793. The normalized spacial score (nSPS) is 25.7. The Kier molecular flexibility index (Phi) is 5.26. The fourth-order valence-corrected chi connectivity index (χ4v) is 2.37. The van der Waals surface area contributed by atoms with Gasteiger partial charge >= 0.3 is 0 Å². The predicted octanol–water partition coefficient (Wildman–Crippen LogP) is 2.89. The Morgan fingerprint density at radius 2 is 2.00 bits per heavy atom. The molecule has 0 spiro atoms. The van der Waals surface area contributed by atoms with Gasteiger partial charge in [-0.25, -0.2) is 0 Å². The molecule has 0 aromatic heterocycles. The molecule has 2 unspecified atom stereocenters. The van der Waals surface area contributed by atoms with E-state index in [0.29, 0.717) is 0 Å². The van der Waals surface area contributed by atoms with Crippen LogP contribution in [0.15, 0.2) is 0 Å². The second kappa shape index (κ2) is 6.02. The lowest BCUT2D eigenvalue weighted by molar-refractivity contribution is 0.137. The first-order chi connectivity index (χ1) is 7.38. The molecule has 2 nitrogen and oxygen atoms in total. The maximum atomic E-state index is 3.60. The fourth-order valence-electron chi connectivity index (χ4n) is 2.37. The smallest absolute Gasteiger partial charge is 0.00966 e. The summed E-state index contributed by atoms with van der Waals surface area (Å²) in [4.78, 5) is 2.67. The molecule has 1 heterocycles. The molecule has 0 aromatic carbocycles. The van der Waals surface area contributed by atoms with Crippen LogP contribution in [-0.2, 0) is 0 Å². The zero-order chi connectivity index (χ0) is 12.2.